The maximum Gasteiger partial charge on any atom is 0.251 e. The molecule has 5 nitrogen and oxygen atoms in total. The zero-order valence-electron chi connectivity index (χ0n) is 14.6. The van der Waals surface area contributed by atoms with Crippen LogP contribution in [0.3, 0.4) is 0 Å². The summed E-state index contributed by atoms with van der Waals surface area (Å²) in [6.07, 6.45) is 0.0171. The number of phenolic OH excluding ortho intramolecular Hbond substituents is 1. The predicted octanol–water partition coefficient (Wildman–Crippen LogP) is 3.06. The van der Waals surface area contributed by atoms with Crippen molar-refractivity contribution in [3.05, 3.63) is 63.6 Å². The van der Waals surface area contributed by atoms with Crippen molar-refractivity contribution in [3.8, 4) is 5.75 Å². The summed E-state index contributed by atoms with van der Waals surface area (Å²) < 4.78 is 11.5. The highest BCUT2D eigenvalue weighted by Crippen LogP contribution is 2.45. The number of epoxide rings is 1. The molecule has 2 aromatic rings. The topological polar surface area (TPSA) is 71.1 Å². The standard InChI is InChI=1S/C21H20BrNO4/c22-16-7-12(21(25)23-19-14-8-26-9-15(14)19)6-13(20(16)24)18(17-10-27-17)11-4-2-1-3-5-11/h1-7,14-15,17-19,24H,8-10H2,(H,23,25)/t14-,15+,17?,18?,19-. The number of aromatic hydroxyl groups is 1. The highest BCUT2D eigenvalue weighted by atomic mass is 79.9. The van der Waals surface area contributed by atoms with Crippen LogP contribution in [-0.4, -0.2) is 43.0 Å². The fraction of sp³-hybridized carbons (Fsp3) is 0.381. The number of hydrogen-bond donors (Lipinski definition) is 2. The van der Waals surface area contributed by atoms with Crippen molar-refractivity contribution in [2.24, 2.45) is 11.8 Å². The van der Waals surface area contributed by atoms with E-state index in [1.165, 1.54) is 0 Å². The Kier molecular flexibility index (Phi) is 4.22. The molecule has 0 radical (unpaired) electrons. The zero-order chi connectivity index (χ0) is 18.5. The van der Waals surface area contributed by atoms with E-state index < -0.39 is 0 Å². The summed E-state index contributed by atoms with van der Waals surface area (Å²) in [4.78, 5) is 12.8. The number of nitrogens with one attached hydrogen (secondary N) is 1. The van der Waals surface area contributed by atoms with Crippen molar-refractivity contribution in [2.45, 2.75) is 18.1 Å². The molecule has 6 heteroatoms. The van der Waals surface area contributed by atoms with Crippen LogP contribution in [0.15, 0.2) is 46.9 Å². The van der Waals surface area contributed by atoms with Crippen LogP contribution in [0.5, 0.6) is 5.75 Å². The molecular formula is C21H20BrNO4. The van der Waals surface area contributed by atoms with Crippen LogP contribution in [0.25, 0.3) is 0 Å². The van der Waals surface area contributed by atoms with Gasteiger partial charge >= 0.3 is 0 Å². The quantitative estimate of drug-likeness (QED) is 0.716. The first-order chi connectivity index (χ1) is 13.1. The molecule has 1 aliphatic carbocycles. The first-order valence-corrected chi connectivity index (χ1v) is 10.0. The van der Waals surface area contributed by atoms with Gasteiger partial charge in [-0.1, -0.05) is 30.3 Å². The van der Waals surface area contributed by atoms with Gasteiger partial charge in [0.15, 0.2) is 0 Å². The number of carbonyl (C=O) groups is 1. The second-order valence-electron chi connectivity index (χ2n) is 7.52. The Morgan fingerprint density at radius 1 is 1.15 bits per heavy atom. The zero-order valence-corrected chi connectivity index (χ0v) is 16.2. The molecular weight excluding hydrogens is 410 g/mol. The normalized spacial score (nSPS) is 29.1. The molecule has 1 amide bonds. The molecule has 0 aromatic heterocycles. The molecule has 140 valence electrons. The van der Waals surface area contributed by atoms with Gasteiger partial charge in [-0.2, -0.15) is 0 Å². The molecule has 2 aliphatic heterocycles. The molecule has 5 atom stereocenters. The molecule has 3 fully saturated rings. The van der Waals surface area contributed by atoms with E-state index in [2.05, 4.69) is 21.2 Å². The maximum atomic E-state index is 12.8. The van der Waals surface area contributed by atoms with Crippen molar-refractivity contribution < 1.29 is 19.4 Å². The Labute approximate surface area is 165 Å². The summed E-state index contributed by atoms with van der Waals surface area (Å²) in [6, 6.07) is 13.6. The van der Waals surface area contributed by atoms with E-state index in [0.717, 1.165) is 18.8 Å². The number of hydrogen-bond acceptors (Lipinski definition) is 4. The average molecular weight is 430 g/mol. The fourth-order valence-corrected chi connectivity index (χ4v) is 4.66. The van der Waals surface area contributed by atoms with Crippen molar-refractivity contribution in [2.75, 3.05) is 19.8 Å². The van der Waals surface area contributed by atoms with Crippen LogP contribution in [0, 0.1) is 11.8 Å². The molecule has 5 rings (SSSR count). The van der Waals surface area contributed by atoms with Crippen LogP contribution in [0.1, 0.15) is 27.4 Å². The molecule has 0 spiro atoms. The Balaban J connectivity index is 1.46. The van der Waals surface area contributed by atoms with E-state index in [9.17, 15) is 9.90 Å². The van der Waals surface area contributed by atoms with Gasteiger partial charge in [0, 0.05) is 34.9 Å². The van der Waals surface area contributed by atoms with E-state index in [1.54, 1.807) is 12.1 Å². The average Bonchev–Trinajstić information content (AvgIpc) is 3.57. The van der Waals surface area contributed by atoms with Gasteiger partial charge in [0.1, 0.15) is 5.75 Å². The molecule has 0 bridgehead atoms. The van der Waals surface area contributed by atoms with Gasteiger partial charge in [0.25, 0.3) is 5.91 Å². The van der Waals surface area contributed by atoms with E-state index in [1.807, 2.05) is 30.3 Å². The van der Waals surface area contributed by atoms with E-state index >= 15 is 0 Å². The number of benzene rings is 2. The van der Waals surface area contributed by atoms with Gasteiger partial charge in [-0.25, -0.2) is 0 Å². The third-order valence-corrected chi connectivity index (χ3v) is 6.43. The maximum absolute atomic E-state index is 12.8. The Morgan fingerprint density at radius 2 is 1.85 bits per heavy atom. The van der Waals surface area contributed by atoms with Crippen molar-refractivity contribution >= 4 is 21.8 Å². The molecule has 1 saturated carbocycles. The third-order valence-electron chi connectivity index (χ3n) is 5.83. The summed E-state index contributed by atoms with van der Waals surface area (Å²) in [5.41, 5.74) is 2.32. The number of ether oxygens (including phenoxy) is 2. The highest BCUT2D eigenvalue weighted by molar-refractivity contribution is 9.10. The number of rotatable bonds is 5. The van der Waals surface area contributed by atoms with Crippen molar-refractivity contribution in [3.63, 3.8) is 0 Å². The van der Waals surface area contributed by atoms with E-state index in [-0.39, 0.29) is 29.7 Å². The van der Waals surface area contributed by atoms with Gasteiger partial charge in [-0.05, 0) is 33.6 Å². The Morgan fingerprint density at radius 3 is 2.52 bits per heavy atom. The van der Waals surface area contributed by atoms with Gasteiger partial charge < -0.3 is 19.9 Å². The first-order valence-electron chi connectivity index (χ1n) is 9.21. The second-order valence-corrected chi connectivity index (χ2v) is 8.37. The van der Waals surface area contributed by atoms with E-state index in [0.29, 0.717) is 34.0 Å². The molecule has 3 aliphatic rings. The number of carbonyl (C=O) groups excluding carboxylic acids is 1. The molecule has 2 saturated heterocycles. The van der Waals surface area contributed by atoms with Crippen molar-refractivity contribution in [1.29, 1.82) is 0 Å². The molecule has 2 aromatic carbocycles. The van der Waals surface area contributed by atoms with Gasteiger partial charge in [-0.3, -0.25) is 4.79 Å². The minimum absolute atomic E-state index is 0.0171. The molecule has 2 heterocycles. The van der Waals surface area contributed by atoms with Crippen molar-refractivity contribution in [1.82, 2.24) is 5.32 Å². The Hall–Kier alpha value is -1.89. The van der Waals surface area contributed by atoms with Gasteiger partial charge in [-0.15, -0.1) is 0 Å². The summed E-state index contributed by atoms with van der Waals surface area (Å²) in [7, 11) is 0. The summed E-state index contributed by atoms with van der Waals surface area (Å²) in [5, 5.41) is 13.8. The minimum Gasteiger partial charge on any atom is -0.506 e. The molecule has 2 N–H and O–H groups in total. The lowest BCUT2D eigenvalue weighted by molar-refractivity contribution is 0.0928. The monoisotopic (exact) mass is 429 g/mol. The lowest BCUT2D eigenvalue weighted by Gasteiger charge is -2.19. The largest absolute Gasteiger partial charge is 0.506 e. The summed E-state index contributed by atoms with van der Waals surface area (Å²) in [5.74, 6) is 0.841. The number of fused-ring (bicyclic) bond motifs is 1. The third kappa shape index (κ3) is 3.16. The Bertz CT molecular complexity index is 873. The SMILES string of the molecule is O=C(N[C@@H]1[C@@H]2COC[C@@H]21)c1cc(Br)c(O)c(C(c2ccccc2)C2CO2)c1. The fourth-order valence-electron chi connectivity index (χ4n) is 4.18. The summed E-state index contributed by atoms with van der Waals surface area (Å²) in [6.45, 7) is 2.11. The number of halogens is 1. The minimum atomic E-state index is -0.111. The summed E-state index contributed by atoms with van der Waals surface area (Å²) >= 11 is 3.42. The van der Waals surface area contributed by atoms with Gasteiger partial charge in [0.05, 0.1) is 30.4 Å². The van der Waals surface area contributed by atoms with Crippen LogP contribution in [-0.2, 0) is 9.47 Å². The van der Waals surface area contributed by atoms with Crippen LogP contribution in [0.2, 0.25) is 0 Å². The predicted molar refractivity (Wildman–Crippen MR) is 103 cm³/mol. The lowest BCUT2D eigenvalue weighted by atomic mass is 9.87. The number of amides is 1. The van der Waals surface area contributed by atoms with Crippen LogP contribution < -0.4 is 5.32 Å². The van der Waals surface area contributed by atoms with Crippen LogP contribution >= 0.6 is 15.9 Å². The molecule has 2 unspecified atom stereocenters. The van der Waals surface area contributed by atoms with Crippen LogP contribution in [0.4, 0.5) is 0 Å². The van der Waals surface area contributed by atoms with E-state index in [4.69, 9.17) is 9.47 Å². The molecule has 27 heavy (non-hydrogen) atoms. The first kappa shape index (κ1) is 17.2. The second kappa shape index (κ2) is 6.62. The lowest BCUT2D eigenvalue weighted by Crippen LogP contribution is -2.30. The van der Waals surface area contributed by atoms with Gasteiger partial charge in [0.2, 0.25) is 0 Å². The smallest absolute Gasteiger partial charge is 0.251 e. The highest BCUT2D eigenvalue weighted by Gasteiger charge is 2.54. The number of phenols is 1.